The van der Waals surface area contributed by atoms with Gasteiger partial charge in [0.1, 0.15) is 18.1 Å². The van der Waals surface area contributed by atoms with Crippen molar-refractivity contribution in [2.75, 3.05) is 18.3 Å². The highest BCUT2D eigenvalue weighted by molar-refractivity contribution is 5.93. The second-order valence-corrected chi connectivity index (χ2v) is 6.22. The Bertz CT molecular complexity index is 716. The van der Waals surface area contributed by atoms with E-state index in [-0.39, 0.29) is 18.6 Å². The maximum Gasteiger partial charge on any atom is 0.251 e. The molecule has 3 rings (SSSR count). The first-order valence-electron chi connectivity index (χ1n) is 7.52. The molecular weight excluding hydrogens is 278 g/mol. The number of nitrogens with zero attached hydrogens (tertiary/aromatic N) is 3. The Morgan fingerprint density at radius 3 is 2.68 bits per heavy atom. The summed E-state index contributed by atoms with van der Waals surface area (Å²) in [6, 6.07) is 11.9. The van der Waals surface area contributed by atoms with Crippen molar-refractivity contribution >= 4 is 22.6 Å². The van der Waals surface area contributed by atoms with E-state index in [0.29, 0.717) is 6.67 Å². The summed E-state index contributed by atoms with van der Waals surface area (Å²) in [5, 5.41) is 10.5. The molecule has 2 heterocycles. The number of amides is 1. The lowest BCUT2D eigenvalue weighted by atomic mass is 9.87. The van der Waals surface area contributed by atoms with Gasteiger partial charge >= 0.3 is 0 Å². The molecule has 1 aromatic heterocycles. The average molecular weight is 299 g/mol. The summed E-state index contributed by atoms with van der Waals surface area (Å²) >= 11 is 0. The van der Waals surface area contributed by atoms with Crippen LogP contribution in [0.5, 0.6) is 0 Å². The van der Waals surface area contributed by atoms with Crippen LogP contribution in [0.4, 0.5) is 5.82 Å². The topological polar surface area (TPSA) is 56.7 Å². The van der Waals surface area contributed by atoms with Gasteiger partial charge in [-0.25, -0.2) is 4.98 Å². The van der Waals surface area contributed by atoms with Crippen LogP contribution in [0.15, 0.2) is 36.4 Å². The number of benzene rings is 1. The van der Waals surface area contributed by atoms with Gasteiger partial charge in [0.25, 0.3) is 5.91 Å². The van der Waals surface area contributed by atoms with Gasteiger partial charge in [-0.1, -0.05) is 32.0 Å². The van der Waals surface area contributed by atoms with Crippen LogP contribution in [0.25, 0.3) is 10.9 Å². The molecule has 1 fully saturated rings. The van der Waals surface area contributed by atoms with Crippen molar-refractivity contribution in [2.24, 2.45) is 5.92 Å². The lowest BCUT2D eigenvalue weighted by molar-refractivity contribution is -0.135. The number of aliphatic hydroxyl groups excluding tert-OH is 1. The van der Waals surface area contributed by atoms with E-state index in [1.165, 1.54) is 4.90 Å². The summed E-state index contributed by atoms with van der Waals surface area (Å²) < 4.78 is 0. The fraction of sp³-hybridized carbons (Fsp3) is 0.412. The second-order valence-electron chi connectivity index (χ2n) is 6.22. The zero-order valence-electron chi connectivity index (χ0n) is 13.2. The molecule has 0 aliphatic carbocycles. The summed E-state index contributed by atoms with van der Waals surface area (Å²) in [5.41, 5.74) is 0.207. The molecule has 0 saturated carbocycles. The summed E-state index contributed by atoms with van der Waals surface area (Å²) in [5.74, 6) is 0.809. The molecule has 1 aliphatic heterocycles. The highest BCUT2D eigenvalue weighted by Crippen LogP contribution is 2.36. The molecule has 1 unspecified atom stereocenters. The Balaban J connectivity index is 2.09. The van der Waals surface area contributed by atoms with Crippen LogP contribution in [0.1, 0.15) is 20.8 Å². The fourth-order valence-corrected chi connectivity index (χ4v) is 3.00. The third-order valence-electron chi connectivity index (χ3n) is 4.75. The van der Waals surface area contributed by atoms with Crippen molar-refractivity contribution in [1.82, 2.24) is 9.88 Å². The highest BCUT2D eigenvalue weighted by Gasteiger charge is 2.51. The Morgan fingerprint density at radius 1 is 1.27 bits per heavy atom. The number of fused-ring (bicyclic) bond motifs is 1. The van der Waals surface area contributed by atoms with Crippen LogP contribution >= 0.6 is 0 Å². The maximum absolute atomic E-state index is 12.6. The van der Waals surface area contributed by atoms with Crippen LogP contribution < -0.4 is 4.90 Å². The monoisotopic (exact) mass is 299 g/mol. The third kappa shape index (κ3) is 2.04. The lowest BCUT2D eigenvalue weighted by Gasteiger charge is -2.36. The minimum atomic E-state index is -0.696. The molecule has 5 heteroatoms. The minimum absolute atomic E-state index is 0.0556. The SMILES string of the molecule is CC(C)C1(C)C(=O)N(CO)CN1c1ccc2ccccc2n1. The van der Waals surface area contributed by atoms with E-state index in [4.69, 9.17) is 4.98 Å². The number of pyridine rings is 1. The van der Waals surface area contributed by atoms with Gasteiger partial charge in [0.2, 0.25) is 0 Å². The van der Waals surface area contributed by atoms with Crippen LogP contribution in [0.3, 0.4) is 0 Å². The average Bonchev–Trinajstić information content (AvgIpc) is 2.80. The van der Waals surface area contributed by atoms with E-state index in [1.807, 2.05) is 62.1 Å². The smallest absolute Gasteiger partial charge is 0.251 e. The van der Waals surface area contributed by atoms with Gasteiger partial charge in [-0.05, 0) is 31.0 Å². The molecule has 1 amide bonds. The van der Waals surface area contributed by atoms with Crippen molar-refractivity contribution in [2.45, 2.75) is 26.3 Å². The maximum atomic E-state index is 12.6. The number of carbonyl (C=O) groups excluding carboxylic acids is 1. The molecule has 0 spiro atoms. The van der Waals surface area contributed by atoms with E-state index < -0.39 is 5.54 Å². The number of para-hydroxylation sites is 1. The number of aliphatic hydroxyl groups is 1. The van der Waals surface area contributed by atoms with E-state index in [2.05, 4.69) is 0 Å². The minimum Gasteiger partial charge on any atom is -0.376 e. The van der Waals surface area contributed by atoms with Crippen molar-refractivity contribution in [3.63, 3.8) is 0 Å². The molecule has 1 atom stereocenters. The van der Waals surface area contributed by atoms with Gasteiger partial charge in [0, 0.05) is 5.39 Å². The molecule has 1 aliphatic rings. The molecule has 1 N–H and O–H groups in total. The predicted molar refractivity (Wildman–Crippen MR) is 86.3 cm³/mol. The third-order valence-corrected chi connectivity index (χ3v) is 4.75. The molecule has 22 heavy (non-hydrogen) atoms. The normalized spacial score (nSPS) is 22.1. The first-order valence-corrected chi connectivity index (χ1v) is 7.52. The van der Waals surface area contributed by atoms with Crippen molar-refractivity contribution in [3.05, 3.63) is 36.4 Å². The second kappa shape index (κ2) is 5.25. The van der Waals surface area contributed by atoms with Crippen LogP contribution in [0, 0.1) is 5.92 Å². The van der Waals surface area contributed by atoms with Crippen LogP contribution in [-0.4, -0.2) is 39.8 Å². The van der Waals surface area contributed by atoms with E-state index in [1.54, 1.807) is 0 Å². The predicted octanol–water partition coefficient (Wildman–Crippen LogP) is 2.21. The zero-order chi connectivity index (χ0) is 15.9. The first-order chi connectivity index (χ1) is 10.5. The number of carbonyl (C=O) groups is 1. The van der Waals surface area contributed by atoms with Gasteiger partial charge in [0.05, 0.1) is 12.2 Å². The van der Waals surface area contributed by atoms with Gasteiger partial charge < -0.3 is 10.0 Å². The van der Waals surface area contributed by atoms with Gasteiger partial charge in [-0.3, -0.25) is 9.69 Å². The standard InChI is InChI=1S/C17H21N3O2/c1-12(2)17(3)16(22)19(11-21)10-20(17)15-9-8-13-6-4-5-7-14(13)18-15/h4-9,12,21H,10-11H2,1-3H3. The van der Waals surface area contributed by atoms with E-state index in [0.717, 1.165) is 16.7 Å². The van der Waals surface area contributed by atoms with Gasteiger partial charge in [-0.15, -0.1) is 0 Å². The molecule has 1 aromatic carbocycles. The van der Waals surface area contributed by atoms with Crippen molar-refractivity contribution in [1.29, 1.82) is 0 Å². The Morgan fingerprint density at radius 2 is 2.00 bits per heavy atom. The number of anilines is 1. The number of hydrogen-bond acceptors (Lipinski definition) is 4. The fourth-order valence-electron chi connectivity index (χ4n) is 3.00. The number of aromatic nitrogens is 1. The van der Waals surface area contributed by atoms with Crippen molar-refractivity contribution < 1.29 is 9.90 Å². The van der Waals surface area contributed by atoms with Crippen molar-refractivity contribution in [3.8, 4) is 0 Å². The van der Waals surface area contributed by atoms with E-state index >= 15 is 0 Å². The number of hydrogen-bond donors (Lipinski definition) is 1. The van der Waals surface area contributed by atoms with E-state index in [9.17, 15) is 9.90 Å². The molecule has 2 aromatic rings. The summed E-state index contributed by atoms with van der Waals surface area (Å²) in [6.45, 7) is 6.05. The molecule has 0 radical (unpaired) electrons. The van der Waals surface area contributed by atoms with Crippen LogP contribution in [-0.2, 0) is 4.79 Å². The van der Waals surface area contributed by atoms with Crippen LogP contribution in [0.2, 0.25) is 0 Å². The number of rotatable bonds is 3. The quantitative estimate of drug-likeness (QED) is 0.944. The summed E-state index contributed by atoms with van der Waals surface area (Å²) in [6.07, 6.45) is 0. The highest BCUT2D eigenvalue weighted by atomic mass is 16.3. The van der Waals surface area contributed by atoms with Gasteiger partial charge in [0.15, 0.2) is 0 Å². The Kier molecular flexibility index (Phi) is 3.53. The molecule has 116 valence electrons. The Labute approximate surface area is 130 Å². The lowest BCUT2D eigenvalue weighted by Crippen LogP contribution is -2.51. The van der Waals surface area contributed by atoms with Gasteiger partial charge in [-0.2, -0.15) is 0 Å². The molecule has 5 nitrogen and oxygen atoms in total. The molecule has 1 saturated heterocycles. The zero-order valence-corrected chi connectivity index (χ0v) is 13.2. The molecular formula is C17H21N3O2. The first kappa shape index (κ1) is 14.8. The largest absolute Gasteiger partial charge is 0.376 e. The Hall–Kier alpha value is -2.14. The molecule has 0 bridgehead atoms. The summed E-state index contributed by atoms with van der Waals surface area (Å²) in [4.78, 5) is 20.8. The summed E-state index contributed by atoms with van der Waals surface area (Å²) in [7, 11) is 0.